The molecule has 1 fully saturated rings. The molecule has 0 aromatic carbocycles. The normalized spacial score (nSPS) is 25.2. The van der Waals surface area contributed by atoms with Gasteiger partial charge in [-0.2, -0.15) is 0 Å². The van der Waals surface area contributed by atoms with Crippen molar-refractivity contribution in [2.45, 2.75) is 25.4 Å². The molecular formula is C7H12N2O3. The maximum Gasteiger partial charge on any atom is 0.321 e. The van der Waals surface area contributed by atoms with Crippen molar-refractivity contribution in [1.82, 2.24) is 4.90 Å². The van der Waals surface area contributed by atoms with Crippen molar-refractivity contribution in [3.8, 4) is 0 Å². The Morgan fingerprint density at radius 3 is 2.92 bits per heavy atom. The van der Waals surface area contributed by atoms with Crippen molar-refractivity contribution in [1.29, 1.82) is 0 Å². The molecule has 12 heavy (non-hydrogen) atoms. The van der Waals surface area contributed by atoms with E-state index in [9.17, 15) is 14.7 Å². The fourth-order valence-electron chi connectivity index (χ4n) is 1.24. The molecule has 0 saturated carbocycles. The molecule has 0 aliphatic carbocycles. The highest BCUT2D eigenvalue weighted by molar-refractivity contribution is 5.93. The van der Waals surface area contributed by atoms with Gasteiger partial charge in [0.15, 0.2) is 0 Å². The summed E-state index contributed by atoms with van der Waals surface area (Å²) in [4.78, 5) is 22.7. The van der Waals surface area contributed by atoms with Gasteiger partial charge in [-0.25, -0.2) is 4.79 Å². The lowest BCUT2D eigenvalue weighted by molar-refractivity contribution is -0.128. The van der Waals surface area contributed by atoms with Crippen LogP contribution in [0.3, 0.4) is 0 Å². The Kier molecular flexibility index (Phi) is 2.65. The Bertz CT molecular complexity index is 205. The largest absolute Gasteiger partial charge is 0.391 e. The van der Waals surface area contributed by atoms with Gasteiger partial charge in [0, 0.05) is 6.42 Å². The lowest BCUT2D eigenvalue weighted by Gasteiger charge is -2.17. The van der Waals surface area contributed by atoms with Crippen LogP contribution in [-0.4, -0.2) is 34.6 Å². The van der Waals surface area contributed by atoms with Gasteiger partial charge in [0.2, 0.25) is 5.91 Å². The fraction of sp³-hybridized carbons (Fsp3) is 0.714. The summed E-state index contributed by atoms with van der Waals surface area (Å²) < 4.78 is 0. The summed E-state index contributed by atoms with van der Waals surface area (Å²) in [5, 5.41) is 9.22. The maximum atomic E-state index is 11.1. The number of nitrogens with zero attached hydrogens (tertiary/aromatic N) is 1. The molecule has 1 atom stereocenters. The SMILES string of the molecule is NC(=O)N1C[C@H](O)CCCC1=O. The number of hydrogen-bond donors (Lipinski definition) is 2. The molecular weight excluding hydrogens is 160 g/mol. The zero-order chi connectivity index (χ0) is 9.14. The van der Waals surface area contributed by atoms with Gasteiger partial charge in [0.25, 0.3) is 0 Å². The Balaban J connectivity index is 2.67. The van der Waals surface area contributed by atoms with E-state index in [0.717, 1.165) is 4.90 Å². The second-order valence-electron chi connectivity index (χ2n) is 2.89. The third-order valence-electron chi connectivity index (χ3n) is 1.89. The smallest absolute Gasteiger partial charge is 0.321 e. The lowest BCUT2D eigenvalue weighted by Crippen LogP contribution is -2.43. The van der Waals surface area contributed by atoms with Crippen LogP contribution >= 0.6 is 0 Å². The predicted molar refractivity (Wildman–Crippen MR) is 41.2 cm³/mol. The highest BCUT2D eigenvalue weighted by atomic mass is 16.3. The molecule has 0 spiro atoms. The second-order valence-corrected chi connectivity index (χ2v) is 2.89. The summed E-state index contributed by atoms with van der Waals surface area (Å²) in [6, 6.07) is -0.777. The number of amides is 3. The number of aliphatic hydroxyl groups is 1. The van der Waals surface area contributed by atoms with Crippen molar-refractivity contribution in [3.05, 3.63) is 0 Å². The summed E-state index contributed by atoms with van der Waals surface area (Å²) in [6.07, 6.45) is 0.836. The minimum atomic E-state index is -0.777. The molecule has 5 heteroatoms. The van der Waals surface area contributed by atoms with Crippen LogP contribution in [-0.2, 0) is 4.79 Å². The Morgan fingerprint density at radius 1 is 1.67 bits per heavy atom. The van der Waals surface area contributed by atoms with Crippen LogP contribution in [0.1, 0.15) is 19.3 Å². The van der Waals surface area contributed by atoms with Gasteiger partial charge < -0.3 is 10.8 Å². The van der Waals surface area contributed by atoms with Crippen molar-refractivity contribution >= 4 is 11.9 Å². The first-order valence-electron chi connectivity index (χ1n) is 3.89. The van der Waals surface area contributed by atoms with Crippen LogP contribution in [0.4, 0.5) is 4.79 Å². The standard InChI is InChI=1S/C7H12N2O3/c8-7(12)9-4-5(10)2-1-3-6(9)11/h5,10H,1-4H2,(H2,8,12)/t5-/m1/s1. The van der Waals surface area contributed by atoms with E-state index in [1.165, 1.54) is 0 Å². The maximum absolute atomic E-state index is 11.1. The van der Waals surface area contributed by atoms with Crippen LogP contribution in [0.2, 0.25) is 0 Å². The highest BCUT2D eigenvalue weighted by Crippen LogP contribution is 2.11. The van der Waals surface area contributed by atoms with Gasteiger partial charge in [0.1, 0.15) is 0 Å². The minimum absolute atomic E-state index is 0.0359. The molecule has 3 amide bonds. The molecule has 0 unspecified atom stereocenters. The molecule has 0 bridgehead atoms. The Morgan fingerprint density at radius 2 is 2.33 bits per heavy atom. The fourth-order valence-corrected chi connectivity index (χ4v) is 1.24. The number of imide groups is 1. The monoisotopic (exact) mass is 172 g/mol. The van der Waals surface area contributed by atoms with Gasteiger partial charge in [-0.1, -0.05) is 0 Å². The number of likely N-dealkylation sites (tertiary alicyclic amines) is 1. The number of carbonyl (C=O) groups is 2. The summed E-state index contributed by atoms with van der Waals surface area (Å²) >= 11 is 0. The third kappa shape index (κ3) is 1.94. The van der Waals surface area contributed by atoms with Crippen molar-refractivity contribution in [3.63, 3.8) is 0 Å². The average molecular weight is 172 g/mol. The quantitative estimate of drug-likeness (QED) is 0.513. The summed E-state index contributed by atoms with van der Waals surface area (Å²) in [5.74, 6) is -0.293. The zero-order valence-corrected chi connectivity index (χ0v) is 6.69. The Labute approximate surface area is 70.1 Å². The molecule has 1 rings (SSSR count). The van der Waals surface area contributed by atoms with E-state index in [1.807, 2.05) is 0 Å². The number of primary amides is 1. The lowest BCUT2D eigenvalue weighted by atomic mass is 10.2. The molecule has 3 N–H and O–H groups in total. The number of urea groups is 1. The molecule has 1 aliphatic heterocycles. The van der Waals surface area contributed by atoms with Crippen molar-refractivity contribution < 1.29 is 14.7 Å². The number of nitrogens with two attached hydrogens (primary N) is 1. The third-order valence-corrected chi connectivity index (χ3v) is 1.89. The zero-order valence-electron chi connectivity index (χ0n) is 6.69. The van der Waals surface area contributed by atoms with E-state index in [-0.39, 0.29) is 12.5 Å². The van der Waals surface area contributed by atoms with Gasteiger partial charge in [-0.3, -0.25) is 9.69 Å². The summed E-state index contributed by atoms with van der Waals surface area (Å²) in [6.45, 7) is 0.0359. The van der Waals surface area contributed by atoms with Crippen LogP contribution < -0.4 is 5.73 Å². The molecule has 1 heterocycles. The molecule has 5 nitrogen and oxygen atoms in total. The summed E-state index contributed by atoms with van der Waals surface area (Å²) in [7, 11) is 0. The molecule has 1 saturated heterocycles. The van der Waals surface area contributed by atoms with E-state index in [4.69, 9.17) is 5.73 Å². The number of hydrogen-bond acceptors (Lipinski definition) is 3. The van der Waals surface area contributed by atoms with Gasteiger partial charge >= 0.3 is 6.03 Å². The highest BCUT2D eigenvalue weighted by Gasteiger charge is 2.24. The number of aliphatic hydroxyl groups excluding tert-OH is 1. The first kappa shape index (κ1) is 8.99. The van der Waals surface area contributed by atoms with E-state index in [2.05, 4.69) is 0 Å². The van der Waals surface area contributed by atoms with Crippen LogP contribution in [0.25, 0.3) is 0 Å². The van der Waals surface area contributed by atoms with E-state index in [1.54, 1.807) is 0 Å². The average Bonchev–Trinajstić information content (AvgIpc) is 2.13. The van der Waals surface area contributed by atoms with Crippen LogP contribution in [0.5, 0.6) is 0 Å². The van der Waals surface area contributed by atoms with E-state index >= 15 is 0 Å². The molecule has 68 valence electrons. The van der Waals surface area contributed by atoms with Crippen LogP contribution in [0, 0.1) is 0 Å². The molecule has 0 radical (unpaired) electrons. The molecule has 0 aromatic heterocycles. The molecule has 0 aromatic rings. The number of carbonyl (C=O) groups excluding carboxylic acids is 2. The van der Waals surface area contributed by atoms with Gasteiger partial charge in [-0.15, -0.1) is 0 Å². The first-order chi connectivity index (χ1) is 5.61. The van der Waals surface area contributed by atoms with E-state index < -0.39 is 12.1 Å². The van der Waals surface area contributed by atoms with Crippen molar-refractivity contribution in [2.24, 2.45) is 5.73 Å². The predicted octanol–water partition coefficient (Wildman–Crippen LogP) is -0.562. The second kappa shape index (κ2) is 3.53. The minimum Gasteiger partial charge on any atom is -0.391 e. The van der Waals surface area contributed by atoms with Gasteiger partial charge in [0.05, 0.1) is 12.6 Å². The number of β-amino-alcohol motifs (C(OH)–C–C–N with tert-alkyl or cyclic N) is 1. The van der Waals surface area contributed by atoms with Crippen LogP contribution in [0.15, 0.2) is 0 Å². The number of rotatable bonds is 0. The van der Waals surface area contributed by atoms with E-state index in [0.29, 0.717) is 19.3 Å². The first-order valence-corrected chi connectivity index (χ1v) is 3.89. The van der Waals surface area contributed by atoms with Gasteiger partial charge in [-0.05, 0) is 12.8 Å². The van der Waals surface area contributed by atoms with Crippen molar-refractivity contribution in [2.75, 3.05) is 6.54 Å². The molecule has 1 aliphatic rings. The summed E-state index contributed by atoms with van der Waals surface area (Å²) in [5.41, 5.74) is 4.94. The topological polar surface area (TPSA) is 83.6 Å². The Hall–Kier alpha value is -1.10.